The van der Waals surface area contributed by atoms with Gasteiger partial charge in [-0.3, -0.25) is 81.5 Å². The first-order chi connectivity index (χ1) is 68.0. The second-order valence-corrected chi connectivity index (χ2v) is 30.6. The normalized spacial score (nSPS) is 17.3. The molecule has 6 unspecified atom stereocenters. The lowest BCUT2D eigenvalue weighted by molar-refractivity contribution is -0.142. The maximum Gasteiger partial charge on any atom is 0.407 e. The zero-order chi connectivity index (χ0) is 110. The molecule has 73 heteroatoms. The van der Waals surface area contributed by atoms with Crippen LogP contribution in [0.25, 0.3) is 94.0 Å². The second-order valence-electron chi connectivity index (χ2n) is 30.6. The molecule has 5 rings (SSSR count). The van der Waals surface area contributed by atoms with Crippen molar-refractivity contribution in [2.75, 3.05) is 131 Å². The number of nitrogens with one attached hydrogen (secondary N) is 5. The molecule has 5 fully saturated rings. The zero-order valence-corrected chi connectivity index (χ0v) is 77.9. The largest absolute Gasteiger partial charge is 0.480 e. The number of carbonyl (C=O) groups is 18. The van der Waals surface area contributed by atoms with E-state index in [1.807, 2.05) is 0 Å². The lowest BCUT2D eigenvalue weighted by Crippen LogP contribution is -2.47. The van der Waals surface area contributed by atoms with Crippen LogP contribution in [0.15, 0.2) is 46.0 Å². The third kappa shape index (κ3) is 69.6. The lowest BCUT2D eigenvalue weighted by Gasteiger charge is -2.17. The molecule has 5 aliphatic heterocycles. The van der Waals surface area contributed by atoms with E-state index in [-0.39, 0.29) is 200 Å². The number of hydrogen-bond donors (Lipinski definition) is 23. The third-order valence-electron chi connectivity index (χ3n) is 19.3. The average Bonchev–Trinajstić information content (AvgIpc) is 1.77. The topological polar surface area (TPSA) is 1240 Å². The standard InChI is InChI=1S/C10H17N5O3.2C9H15N5O3.C8H14N6O3.C8H13N5O3.2C7H13N5O3.C7H12N4O3.C6H11N5O4/c11-8(10(17)18)1-2-9(16)15-4-3-7(6-15)5-13-14-12;10-7(9(16)17)3-8(15)14-2-1-6(5-14)4-12-13-11;10-7(9(16)17)1-2-8(15)14-4-3-6(5-14)12-13-11;9-5(8(16)17)3-12-7(15)6-1-4(2-11-6)13-14-10;9-6(8(15)16)3-7(14)13-2-1-5(4-13)11-12-10;8-5(7(14)15)1-2-6(13)10-3-4-11-12-9;8-5(7(14)15)4-10-6(13)2-1-3-11-12-9;8-6(7(13)14)4-5(12)2-1-3-10-11-9;7-4(5(12)13)3-15-6(14)9-1-2-10-11-8/h7-8H,1-6,11H2,(H,17,18);2*6-7H,1-5,10H2,(H,16,17);4-6,11H,1-3,9H2,(H,12,15)(H,16,17);5-6H,1-4,9H2,(H,15,16);2*5H,1-4,8H2,(H,10,13)(H,14,15);6H,1-4,8H2,(H,13,14);4H,1-3,7H2,(H,9,14)(H,12,13)/t7?,8-;2*6?,7-;4?,5-,6?;5?,6-;2*5-;6-;4-/m000000000/s1. The Bertz CT molecular complexity index is 4420. The van der Waals surface area contributed by atoms with Crippen molar-refractivity contribution in [1.82, 2.24) is 46.2 Å². The number of azide groups is 9. The number of carbonyl (C=O) groups excluding carboxylic acids is 9. The van der Waals surface area contributed by atoms with Crippen molar-refractivity contribution in [2.24, 2.45) is 109 Å². The van der Waals surface area contributed by atoms with Crippen LogP contribution in [0.2, 0.25) is 0 Å². The third-order valence-corrected chi connectivity index (χ3v) is 19.3. The van der Waals surface area contributed by atoms with Crippen molar-refractivity contribution in [3.05, 3.63) is 94.0 Å². The Morgan fingerprint density at radius 3 is 1.08 bits per heavy atom. The van der Waals surface area contributed by atoms with Crippen LogP contribution >= 0.6 is 0 Å². The van der Waals surface area contributed by atoms with E-state index in [9.17, 15) is 86.3 Å². The molecule has 0 aromatic heterocycles. The number of nitrogens with zero attached hydrogens (tertiary/aromatic N) is 31. The van der Waals surface area contributed by atoms with E-state index in [0.29, 0.717) is 104 Å². The molecule has 8 amide bonds. The van der Waals surface area contributed by atoms with E-state index in [2.05, 4.69) is 122 Å². The number of amides is 8. The molecule has 0 saturated carbocycles. The van der Waals surface area contributed by atoms with Crippen LogP contribution in [-0.2, 0) is 86.2 Å². The van der Waals surface area contributed by atoms with E-state index in [4.69, 9.17) is 147 Å². The molecule has 800 valence electrons. The molecule has 5 saturated heterocycles. The van der Waals surface area contributed by atoms with Crippen molar-refractivity contribution in [1.29, 1.82) is 0 Å². The number of hydrogen-bond acceptors (Lipinski definition) is 38. The van der Waals surface area contributed by atoms with Gasteiger partial charge in [0.05, 0.1) is 37.0 Å². The molecule has 0 aromatic carbocycles. The zero-order valence-electron chi connectivity index (χ0n) is 77.9. The number of aliphatic carboxylic acids is 9. The molecule has 0 bridgehead atoms. The fourth-order valence-corrected chi connectivity index (χ4v) is 11.3. The van der Waals surface area contributed by atoms with Gasteiger partial charge in [-0.25, -0.2) is 4.79 Å². The molecule has 73 nitrogen and oxygen atoms in total. The first-order valence-electron chi connectivity index (χ1n) is 43.1. The van der Waals surface area contributed by atoms with Gasteiger partial charge in [-0.1, -0.05) is 46.0 Å². The molecule has 15 atom stereocenters. The molecular weight excluding hydrogens is 1930 g/mol. The van der Waals surface area contributed by atoms with Crippen LogP contribution in [-0.4, -0.2) is 382 Å². The number of nitrogens with two attached hydrogens (primary N) is 9. The van der Waals surface area contributed by atoms with Gasteiger partial charge in [0.15, 0.2) is 0 Å². The Balaban J connectivity index is -0.000000767. The SMILES string of the molecule is [N-]=[N+]=NC1CCN(C(=O)CC[C@H](N)C(=O)O)C1.[N-]=[N+]=NC1CCN(C(=O)C[C@H](N)C(=O)O)C1.[N-]=[N+]=NC1CNC(C(=O)NC[C@H](N)C(=O)O)C1.[N-]=[N+]=NCC1CCN(C(=O)CC[C@H](N)C(=O)O)C1.[N-]=[N+]=NCC1CCN(C(=O)C[C@H](N)C(=O)O)C1.[N-]=[N+]=NCCCC(=O)C[C@H](N)C(=O)O.[N-]=[N+]=NCCCC(=O)NC[C@H](N)C(=O)O.[N-]=[N+]=NCCNC(=O)CC[C@H](N)C(=O)O.[N-]=[N+]=NCCNC(=O)OC[C@H](N)C(=O)O. The smallest absolute Gasteiger partial charge is 0.407 e. The van der Waals surface area contributed by atoms with Gasteiger partial charge in [0.1, 0.15) is 66.8 Å². The predicted octanol–water partition coefficient (Wildman–Crippen LogP) is -2.28. The monoisotopic (exact) mass is 2050 g/mol. The summed E-state index contributed by atoms with van der Waals surface area (Å²) in [5.41, 5.74) is 120. The fraction of sp³-hybridized carbons (Fsp3) is 0.746. The summed E-state index contributed by atoms with van der Waals surface area (Å²) in [6, 6.07) is -11.0. The van der Waals surface area contributed by atoms with Gasteiger partial charge in [-0.05, 0) is 126 Å². The summed E-state index contributed by atoms with van der Waals surface area (Å²) in [5.74, 6) is -12.1. The number of ether oxygens (including phenoxy) is 1. The first-order valence-corrected chi connectivity index (χ1v) is 43.1. The number of likely N-dealkylation sites (tertiary alicyclic amines) is 4. The summed E-state index contributed by atoms with van der Waals surface area (Å²) in [7, 11) is 0. The van der Waals surface area contributed by atoms with Crippen molar-refractivity contribution in [2.45, 2.75) is 194 Å². The minimum absolute atomic E-state index is 0.0454. The minimum Gasteiger partial charge on any atom is -0.480 e. The minimum atomic E-state index is -1.25. The maximum atomic E-state index is 11.8. The van der Waals surface area contributed by atoms with Gasteiger partial charge in [0.25, 0.3) is 0 Å². The number of carboxylic acid groups (broad SMARTS) is 9. The van der Waals surface area contributed by atoms with Crippen molar-refractivity contribution >= 4 is 107 Å². The Morgan fingerprint density at radius 1 is 0.347 bits per heavy atom. The van der Waals surface area contributed by atoms with E-state index < -0.39 is 127 Å². The highest BCUT2D eigenvalue weighted by molar-refractivity contribution is 5.87. The van der Waals surface area contributed by atoms with Gasteiger partial charge in [0.2, 0.25) is 41.4 Å². The van der Waals surface area contributed by atoms with Gasteiger partial charge in [-0.2, -0.15) is 0 Å². The van der Waals surface area contributed by atoms with Crippen LogP contribution < -0.4 is 78.2 Å². The molecule has 144 heavy (non-hydrogen) atoms. The molecule has 0 spiro atoms. The summed E-state index contributed by atoms with van der Waals surface area (Å²) < 4.78 is 4.45. The summed E-state index contributed by atoms with van der Waals surface area (Å²) in [6.45, 7) is 5.72. The molecule has 5 heterocycles. The van der Waals surface area contributed by atoms with Crippen LogP contribution in [0.1, 0.15) is 116 Å². The molecule has 5 aliphatic rings. The van der Waals surface area contributed by atoms with Crippen molar-refractivity contribution in [3.63, 3.8) is 0 Å². The Hall–Kier alpha value is -16.1. The van der Waals surface area contributed by atoms with Crippen LogP contribution in [0.3, 0.4) is 0 Å². The molecule has 0 aromatic rings. The van der Waals surface area contributed by atoms with E-state index in [1.165, 1.54) is 4.90 Å². The fourth-order valence-electron chi connectivity index (χ4n) is 11.3. The highest BCUT2D eigenvalue weighted by atomic mass is 16.6. The molecular formula is C71H123N45O28. The summed E-state index contributed by atoms with van der Waals surface area (Å²) >= 11 is 0. The first kappa shape index (κ1) is 134. The highest BCUT2D eigenvalue weighted by Gasteiger charge is 2.34. The number of Topliss-reactive ketones (excluding diaryl/α,β-unsaturated/α-hetero) is 1. The number of carboxylic acids is 9. The Kier molecular flexibility index (Phi) is 76.1. The molecule has 32 N–H and O–H groups in total. The number of alkyl carbamates (subject to hydrolysis) is 1. The van der Waals surface area contributed by atoms with Crippen molar-refractivity contribution < 1.29 is 137 Å². The summed E-state index contributed by atoms with van der Waals surface area (Å²) in [6.07, 6.45) is 3.74. The van der Waals surface area contributed by atoms with Gasteiger partial charge in [-0.15, -0.1) is 0 Å². The van der Waals surface area contributed by atoms with Gasteiger partial charge >= 0.3 is 59.8 Å². The number of rotatable bonds is 52. The summed E-state index contributed by atoms with van der Waals surface area (Å²) in [5, 5.41) is 119. The maximum absolute atomic E-state index is 11.8. The van der Waals surface area contributed by atoms with E-state index >= 15 is 0 Å². The van der Waals surface area contributed by atoms with Crippen LogP contribution in [0.5, 0.6) is 0 Å². The highest BCUT2D eigenvalue weighted by Crippen LogP contribution is 2.21. The Morgan fingerprint density at radius 2 is 0.681 bits per heavy atom. The van der Waals surface area contributed by atoms with E-state index in [0.717, 1.165) is 12.8 Å². The van der Waals surface area contributed by atoms with Crippen LogP contribution in [0.4, 0.5) is 4.79 Å². The van der Waals surface area contributed by atoms with Gasteiger partial charge < -0.3 is 148 Å². The quantitative estimate of drug-likeness (QED) is 0.0132. The van der Waals surface area contributed by atoms with E-state index in [1.54, 1.807) is 14.7 Å². The van der Waals surface area contributed by atoms with Crippen molar-refractivity contribution in [3.8, 4) is 0 Å². The van der Waals surface area contributed by atoms with Crippen LogP contribution in [0, 0.1) is 11.8 Å². The number of ketones is 1. The predicted molar refractivity (Wildman–Crippen MR) is 495 cm³/mol. The second kappa shape index (κ2) is 81.7. The molecule has 0 aliphatic carbocycles. The lowest BCUT2D eigenvalue weighted by atomic mass is 10.1. The molecule has 0 radical (unpaired) electrons. The van der Waals surface area contributed by atoms with Gasteiger partial charge in [0, 0.05) is 207 Å². The Labute approximate surface area is 816 Å². The average molecular weight is 2060 g/mol. The summed E-state index contributed by atoms with van der Waals surface area (Å²) in [4.78, 5) is 225.